The molecule has 1 rings (SSSR count). The van der Waals surface area contributed by atoms with E-state index in [0.717, 1.165) is 11.1 Å². The van der Waals surface area contributed by atoms with E-state index in [9.17, 15) is 9.59 Å². The predicted molar refractivity (Wildman–Crippen MR) is 70.7 cm³/mol. The lowest BCUT2D eigenvalue weighted by atomic mass is 10.0. The Morgan fingerprint density at radius 1 is 1.32 bits per heavy atom. The quantitative estimate of drug-likeness (QED) is 0.774. The SMILES string of the molecule is COCC(=O)N[C@H](Cc1cccc(C)c1)C(=O)OC. The second kappa shape index (κ2) is 7.53. The first-order valence-electron chi connectivity index (χ1n) is 5.98. The fourth-order valence-corrected chi connectivity index (χ4v) is 1.78. The molecule has 5 heteroatoms. The summed E-state index contributed by atoms with van der Waals surface area (Å²) in [7, 11) is 2.72. The molecular weight excluding hydrogens is 246 g/mol. The number of benzene rings is 1. The molecule has 1 aromatic rings. The Kier molecular flexibility index (Phi) is 6.02. The number of carbonyl (C=O) groups excluding carboxylic acids is 2. The van der Waals surface area contributed by atoms with E-state index in [1.807, 2.05) is 31.2 Å². The molecule has 0 radical (unpaired) electrons. The molecular formula is C14H19NO4. The predicted octanol–water partition coefficient (Wildman–Crippen LogP) is 0.842. The normalized spacial score (nSPS) is 11.7. The van der Waals surface area contributed by atoms with E-state index in [4.69, 9.17) is 9.47 Å². The molecule has 0 unspecified atom stereocenters. The van der Waals surface area contributed by atoms with Gasteiger partial charge in [-0.2, -0.15) is 0 Å². The maximum Gasteiger partial charge on any atom is 0.328 e. The van der Waals surface area contributed by atoms with Crippen molar-refractivity contribution in [3.63, 3.8) is 0 Å². The molecule has 104 valence electrons. The molecule has 0 saturated carbocycles. The van der Waals surface area contributed by atoms with Crippen molar-refractivity contribution in [2.75, 3.05) is 20.8 Å². The largest absolute Gasteiger partial charge is 0.467 e. The summed E-state index contributed by atoms with van der Waals surface area (Å²) in [5.74, 6) is -0.809. The summed E-state index contributed by atoms with van der Waals surface area (Å²) in [6.45, 7) is 1.89. The van der Waals surface area contributed by atoms with Gasteiger partial charge in [0.25, 0.3) is 0 Å². The Bertz CT molecular complexity index is 445. The number of ether oxygens (including phenoxy) is 2. The lowest BCUT2D eigenvalue weighted by Gasteiger charge is -2.16. The fraction of sp³-hybridized carbons (Fsp3) is 0.429. The number of methoxy groups -OCH3 is 2. The molecule has 0 saturated heterocycles. The Hall–Kier alpha value is -1.88. The maximum atomic E-state index is 11.7. The highest BCUT2D eigenvalue weighted by molar-refractivity contribution is 5.85. The third kappa shape index (κ3) is 5.09. The van der Waals surface area contributed by atoms with Crippen LogP contribution in [0.3, 0.4) is 0 Å². The number of amides is 1. The first kappa shape index (κ1) is 15.2. The average Bonchev–Trinajstić information content (AvgIpc) is 2.37. The number of nitrogens with one attached hydrogen (secondary N) is 1. The molecule has 0 aliphatic carbocycles. The van der Waals surface area contributed by atoms with E-state index in [-0.39, 0.29) is 12.5 Å². The second-order valence-corrected chi connectivity index (χ2v) is 4.27. The number of carbonyl (C=O) groups is 2. The van der Waals surface area contributed by atoms with Gasteiger partial charge in [0.05, 0.1) is 7.11 Å². The minimum atomic E-state index is -0.700. The van der Waals surface area contributed by atoms with Crippen molar-refractivity contribution in [3.8, 4) is 0 Å². The molecule has 1 aromatic carbocycles. The van der Waals surface area contributed by atoms with Gasteiger partial charge in [-0.15, -0.1) is 0 Å². The minimum absolute atomic E-state index is 0.0820. The van der Waals surface area contributed by atoms with Crippen LogP contribution < -0.4 is 5.32 Å². The van der Waals surface area contributed by atoms with Gasteiger partial charge in [-0.05, 0) is 12.5 Å². The van der Waals surface area contributed by atoms with Crippen LogP contribution in [-0.2, 0) is 25.5 Å². The van der Waals surface area contributed by atoms with E-state index >= 15 is 0 Å². The molecule has 19 heavy (non-hydrogen) atoms. The third-order valence-electron chi connectivity index (χ3n) is 2.62. The van der Waals surface area contributed by atoms with Crippen LogP contribution >= 0.6 is 0 Å². The van der Waals surface area contributed by atoms with Gasteiger partial charge < -0.3 is 14.8 Å². The number of rotatable bonds is 6. The molecule has 0 aromatic heterocycles. The molecule has 0 fully saturated rings. The monoisotopic (exact) mass is 265 g/mol. The molecule has 5 nitrogen and oxygen atoms in total. The molecule has 0 heterocycles. The van der Waals surface area contributed by atoms with Crippen LogP contribution in [0.25, 0.3) is 0 Å². The average molecular weight is 265 g/mol. The highest BCUT2D eigenvalue weighted by Gasteiger charge is 2.21. The zero-order valence-corrected chi connectivity index (χ0v) is 11.4. The van der Waals surface area contributed by atoms with Crippen molar-refractivity contribution in [1.29, 1.82) is 0 Å². The van der Waals surface area contributed by atoms with Crippen molar-refractivity contribution >= 4 is 11.9 Å². The van der Waals surface area contributed by atoms with Crippen LogP contribution in [-0.4, -0.2) is 38.7 Å². The fourth-order valence-electron chi connectivity index (χ4n) is 1.78. The first-order chi connectivity index (χ1) is 9.06. The van der Waals surface area contributed by atoms with Gasteiger partial charge in [-0.25, -0.2) is 4.79 Å². The zero-order chi connectivity index (χ0) is 14.3. The Labute approximate surface area is 112 Å². The maximum absolute atomic E-state index is 11.7. The molecule has 0 bridgehead atoms. The van der Waals surface area contributed by atoms with Crippen molar-refractivity contribution in [1.82, 2.24) is 5.32 Å². The van der Waals surface area contributed by atoms with Crippen LogP contribution in [0.15, 0.2) is 24.3 Å². The summed E-state index contributed by atoms with van der Waals surface area (Å²) in [6.07, 6.45) is 0.393. The van der Waals surface area contributed by atoms with E-state index in [2.05, 4.69) is 5.32 Å². The van der Waals surface area contributed by atoms with Crippen LogP contribution in [0, 0.1) is 6.92 Å². The van der Waals surface area contributed by atoms with Gasteiger partial charge in [0.2, 0.25) is 5.91 Å². The molecule has 1 atom stereocenters. The smallest absolute Gasteiger partial charge is 0.328 e. The van der Waals surface area contributed by atoms with E-state index < -0.39 is 12.0 Å². The zero-order valence-electron chi connectivity index (χ0n) is 11.4. The van der Waals surface area contributed by atoms with E-state index in [1.54, 1.807) is 0 Å². The summed E-state index contributed by atoms with van der Waals surface area (Å²) in [6, 6.07) is 7.06. The van der Waals surface area contributed by atoms with Gasteiger partial charge in [0.1, 0.15) is 12.6 Å². The topological polar surface area (TPSA) is 64.6 Å². The van der Waals surface area contributed by atoms with E-state index in [1.165, 1.54) is 14.2 Å². The van der Waals surface area contributed by atoms with Gasteiger partial charge in [-0.3, -0.25) is 4.79 Å². The minimum Gasteiger partial charge on any atom is -0.467 e. The summed E-state index contributed by atoms with van der Waals surface area (Å²) < 4.78 is 9.42. The standard InChI is InChI=1S/C14H19NO4/c1-10-5-4-6-11(7-10)8-12(14(17)19-3)15-13(16)9-18-2/h4-7,12H,8-9H2,1-3H3,(H,15,16)/t12-/m1/s1. The van der Waals surface area contributed by atoms with Crippen molar-refractivity contribution in [2.45, 2.75) is 19.4 Å². The summed E-state index contributed by atoms with van der Waals surface area (Å²) in [5, 5.41) is 2.60. The molecule has 0 aliphatic rings. The number of aryl methyl sites for hydroxylation is 1. The van der Waals surface area contributed by atoms with Gasteiger partial charge >= 0.3 is 5.97 Å². The van der Waals surface area contributed by atoms with Crippen molar-refractivity contribution in [3.05, 3.63) is 35.4 Å². The molecule has 0 spiro atoms. The Balaban J connectivity index is 2.74. The number of esters is 1. The lowest BCUT2D eigenvalue weighted by Crippen LogP contribution is -2.44. The highest BCUT2D eigenvalue weighted by Crippen LogP contribution is 2.08. The lowest BCUT2D eigenvalue weighted by molar-refractivity contribution is -0.145. The van der Waals surface area contributed by atoms with Crippen LogP contribution in [0.4, 0.5) is 0 Å². The molecule has 1 amide bonds. The first-order valence-corrected chi connectivity index (χ1v) is 5.98. The van der Waals surface area contributed by atoms with Gasteiger partial charge in [0.15, 0.2) is 0 Å². The van der Waals surface area contributed by atoms with Crippen LogP contribution in [0.2, 0.25) is 0 Å². The van der Waals surface area contributed by atoms with Gasteiger partial charge in [-0.1, -0.05) is 29.8 Å². The summed E-state index contributed by atoms with van der Waals surface area (Å²) in [4.78, 5) is 23.2. The Morgan fingerprint density at radius 3 is 2.63 bits per heavy atom. The van der Waals surface area contributed by atoms with Crippen LogP contribution in [0.1, 0.15) is 11.1 Å². The Morgan fingerprint density at radius 2 is 2.05 bits per heavy atom. The number of hydrogen-bond acceptors (Lipinski definition) is 4. The van der Waals surface area contributed by atoms with Crippen molar-refractivity contribution < 1.29 is 19.1 Å². The van der Waals surface area contributed by atoms with Crippen molar-refractivity contribution in [2.24, 2.45) is 0 Å². The van der Waals surface area contributed by atoms with Crippen LogP contribution in [0.5, 0.6) is 0 Å². The van der Waals surface area contributed by atoms with Gasteiger partial charge in [0, 0.05) is 13.5 Å². The second-order valence-electron chi connectivity index (χ2n) is 4.27. The molecule has 1 N–H and O–H groups in total. The summed E-state index contributed by atoms with van der Waals surface area (Å²) >= 11 is 0. The van der Waals surface area contributed by atoms with E-state index in [0.29, 0.717) is 6.42 Å². The third-order valence-corrected chi connectivity index (χ3v) is 2.62. The highest BCUT2D eigenvalue weighted by atomic mass is 16.5. The molecule has 0 aliphatic heterocycles. The number of hydrogen-bond donors (Lipinski definition) is 1. The summed E-state index contributed by atoms with van der Waals surface area (Å²) in [5.41, 5.74) is 2.07.